The summed E-state index contributed by atoms with van der Waals surface area (Å²) in [5.74, 6) is 0.358. The molecule has 3 saturated heterocycles. The van der Waals surface area contributed by atoms with E-state index in [1.54, 1.807) is 40.3 Å². The largest absolute Gasteiger partial charge is 0.352 e. The Balaban J connectivity index is 1.19. The molecule has 3 aliphatic heterocycles. The number of hydrogen-bond donors (Lipinski definition) is 3. The van der Waals surface area contributed by atoms with Gasteiger partial charge in [0.2, 0.25) is 11.9 Å². The molecule has 3 fully saturated rings. The molecule has 15 heteroatoms. The number of halogens is 1. The van der Waals surface area contributed by atoms with Crippen LogP contribution in [0.15, 0.2) is 40.7 Å². The van der Waals surface area contributed by atoms with Crippen LogP contribution >= 0.6 is 22.9 Å². The maximum atomic E-state index is 13.7. The van der Waals surface area contributed by atoms with Gasteiger partial charge >= 0.3 is 6.03 Å². The van der Waals surface area contributed by atoms with Crippen molar-refractivity contribution in [3.8, 4) is 0 Å². The molecule has 224 valence electrons. The van der Waals surface area contributed by atoms with Gasteiger partial charge in [0.25, 0.3) is 10.0 Å². The van der Waals surface area contributed by atoms with Crippen molar-refractivity contribution in [1.29, 1.82) is 0 Å². The van der Waals surface area contributed by atoms with Gasteiger partial charge in [0.1, 0.15) is 4.21 Å². The molecule has 3 aromatic rings. The summed E-state index contributed by atoms with van der Waals surface area (Å²) in [5, 5.41) is 10.7. The van der Waals surface area contributed by atoms with Crippen LogP contribution in [0.2, 0.25) is 5.02 Å². The van der Waals surface area contributed by atoms with E-state index in [4.69, 9.17) is 16.6 Å². The van der Waals surface area contributed by atoms with E-state index in [1.165, 1.54) is 4.31 Å². The standard InChI is InChI=1S/C27H33ClN8O4S2/c28-20-2-1-19-15-24(41-22(19)16-20)42(39,40)35-13-14-36(23(37)17-35)25(18-3-6-29-7-4-18)21-5-8-30-26(33-21)31-9-11-34-12-10-32-27(34)38/h1-2,5,8,15-16,18,25,29H,3-4,6-7,9-14,17H2,(H,32,38)(H,30,31,33). The summed E-state index contributed by atoms with van der Waals surface area (Å²) in [5.41, 5.74) is 0.726. The topological polar surface area (TPSA) is 140 Å². The zero-order valence-electron chi connectivity index (χ0n) is 23.0. The quantitative estimate of drug-likeness (QED) is 0.327. The van der Waals surface area contributed by atoms with E-state index < -0.39 is 10.0 Å². The first-order chi connectivity index (χ1) is 20.3. The Morgan fingerprint density at radius 3 is 2.69 bits per heavy atom. The van der Waals surface area contributed by atoms with Crippen molar-refractivity contribution in [2.75, 3.05) is 64.2 Å². The summed E-state index contributed by atoms with van der Waals surface area (Å²) < 4.78 is 29.4. The maximum absolute atomic E-state index is 13.7. The highest BCUT2D eigenvalue weighted by molar-refractivity contribution is 7.91. The molecule has 5 heterocycles. The number of nitrogens with one attached hydrogen (secondary N) is 3. The van der Waals surface area contributed by atoms with Crippen LogP contribution in [-0.4, -0.2) is 103 Å². The number of amides is 3. The average Bonchev–Trinajstić information content (AvgIpc) is 3.61. The summed E-state index contributed by atoms with van der Waals surface area (Å²) in [7, 11) is -3.85. The maximum Gasteiger partial charge on any atom is 0.317 e. The zero-order chi connectivity index (χ0) is 29.3. The third kappa shape index (κ3) is 6.04. The summed E-state index contributed by atoms with van der Waals surface area (Å²) in [6.45, 7) is 4.24. The van der Waals surface area contributed by atoms with Gasteiger partial charge in [-0.15, -0.1) is 11.3 Å². The van der Waals surface area contributed by atoms with E-state index in [0.717, 1.165) is 53.0 Å². The second kappa shape index (κ2) is 12.3. The lowest BCUT2D eigenvalue weighted by Crippen LogP contribution is -2.54. The minimum atomic E-state index is -3.85. The van der Waals surface area contributed by atoms with Crippen molar-refractivity contribution in [1.82, 2.24) is 34.7 Å². The van der Waals surface area contributed by atoms with Gasteiger partial charge in [0.05, 0.1) is 18.3 Å². The number of carbonyl (C=O) groups excluding carboxylic acids is 2. The molecule has 6 rings (SSSR count). The van der Waals surface area contributed by atoms with E-state index in [0.29, 0.717) is 37.1 Å². The number of anilines is 1. The molecule has 0 saturated carbocycles. The first kappa shape index (κ1) is 29.1. The number of piperidine rings is 1. The van der Waals surface area contributed by atoms with E-state index in [1.807, 2.05) is 6.07 Å². The number of hydrogen-bond acceptors (Lipinski definition) is 9. The lowest BCUT2D eigenvalue weighted by atomic mass is 9.86. The summed E-state index contributed by atoms with van der Waals surface area (Å²) in [4.78, 5) is 38.2. The predicted molar refractivity (Wildman–Crippen MR) is 161 cm³/mol. The molecule has 3 amide bonds. The second-order valence-corrected chi connectivity index (χ2v) is 14.3. The molecule has 0 aliphatic carbocycles. The van der Waals surface area contributed by atoms with Crippen LogP contribution in [0.1, 0.15) is 24.6 Å². The Morgan fingerprint density at radius 2 is 1.93 bits per heavy atom. The number of aromatic nitrogens is 2. The van der Waals surface area contributed by atoms with Crippen molar-refractivity contribution >= 4 is 60.9 Å². The Bertz CT molecular complexity index is 1580. The van der Waals surface area contributed by atoms with Gasteiger partial charge in [-0.1, -0.05) is 17.7 Å². The molecule has 1 atom stereocenters. The van der Waals surface area contributed by atoms with Crippen LogP contribution in [0.5, 0.6) is 0 Å². The minimum Gasteiger partial charge on any atom is -0.352 e. The number of rotatable bonds is 9. The number of thiophene rings is 1. The zero-order valence-corrected chi connectivity index (χ0v) is 25.3. The van der Waals surface area contributed by atoms with Gasteiger partial charge in [0, 0.05) is 55.2 Å². The van der Waals surface area contributed by atoms with E-state index in [9.17, 15) is 18.0 Å². The first-order valence-electron chi connectivity index (χ1n) is 14.1. The highest BCUT2D eigenvalue weighted by Gasteiger charge is 2.40. The summed E-state index contributed by atoms with van der Waals surface area (Å²) in [6, 6.07) is 8.39. The molecule has 0 radical (unpaired) electrons. The molecule has 3 aliphatic rings. The van der Waals surface area contributed by atoms with Gasteiger partial charge in [-0.3, -0.25) is 4.79 Å². The number of nitrogens with zero attached hydrogens (tertiary/aromatic N) is 5. The van der Waals surface area contributed by atoms with E-state index >= 15 is 0 Å². The fourth-order valence-corrected chi connectivity index (χ4v) is 9.07. The van der Waals surface area contributed by atoms with Crippen LogP contribution in [0, 0.1) is 5.92 Å². The Kier molecular flexibility index (Phi) is 8.50. The fraction of sp³-hybridized carbons (Fsp3) is 0.481. The third-order valence-corrected chi connectivity index (χ3v) is 11.7. The Labute approximate surface area is 253 Å². The third-order valence-electron chi connectivity index (χ3n) is 8.03. The van der Waals surface area contributed by atoms with Crippen molar-refractivity contribution in [2.45, 2.75) is 23.1 Å². The number of benzene rings is 1. The molecule has 0 bridgehead atoms. The lowest BCUT2D eigenvalue weighted by molar-refractivity contribution is -0.138. The smallest absolute Gasteiger partial charge is 0.317 e. The molecule has 3 N–H and O–H groups in total. The van der Waals surface area contributed by atoms with Gasteiger partial charge in [-0.25, -0.2) is 23.2 Å². The molecule has 12 nitrogen and oxygen atoms in total. The van der Waals surface area contributed by atoms with Gasteiger partial charge < -0.3 is 25.8 Å². The summed E-state index contributed by atoms with van der Waals surface area (Å²) in [6.07, 6.45) is 3.43. The average molecular weight is 633 g/mol. The van der Waals surface area contributed by atoms with E-state index in [-0.39, 0.29) is 47.7 Å². The van der Waals surface area contributed by atoms with Crippen molar-refractivity contribution < 1.29 is 18.0 Å². The predicted octanol–water partition coefficient (Wildman–Crippen LogP) is 2.36. The summed E-state index contributed by atoms with van der Waals surface area (Å²) >= 11 is 7.26. The van der Waals surface area contributed by atoms with Crippen LogP contribution in [-0.2, 0) is 14.8 Å². The molecule has 42 heavy (non-hydrogen) atoms. The van der Waals surface area contributed by atoms with Gasteiger partial charge in [0.15, 0.2) is 0 Å². The molecular formula is C27H33ClN8O4S2. The van der Waals surface area contributed by atoms with Crippen LogP contribution in [0.4, 0.5) is 10.7 Å². The number of piperazine rings is 1. The number of sulfonamides is 1. The molecular weight excluding hydrogens is 600 g/mol. The molecule has 2 aromatic heterocycles. The van der Waals surface area contributed by atoms with Crippen molar-refractivity contribution in [3.05, 3.63) is 47.2 Å². The highest BCUT2D eigenvalue weighted by atomic mass is 35.5. The van der Waals surface area contributed by atoms with Crippen molar-refractivity contribution in [2.24, 2.45) is 5.92 Å². The van der Waals surface area contributed by atoms with Crippen LogP contribution < -0.4 is 16.0 Å². The monoisotopic (exact) mass is 632 g/mol. The highest BCUT2D eigenvalue weighted by Crippen LogP contribution is 2.37. The van der Waals surface area contributed by atoms with E-state index in [2.05, 4.69) is 20.9 Å². The van der Waals surface area contributed by atoms with Crippen LogP contribution in [0.3, 0.4) is 0 Å². The first-order valence-corrected chi connectivity index (χ1v) is 16.7. The second-order valence-electron chi connectivity index (χ2n) is 10.7. The van der Waals surface area contributed by atoms with Crippen molar-refractivity contribution in [3.63, 3.8) is 0 Å². The number of carbonyl (C=O) groups is 2. The number of urea groups is 1. The molecule has 1 unspecified atom stereocenters. The number of fused-ring (bicyclic) bond motifs is 1. The van der Waals surface area contributed by atoms with Gasteiger partial charge in [-0.05, 0) is 61.5 Å². The Morgan fingerprint density at radius 1 is 1.10 bits per heavy atom. The minimum absolute atomic E-state index is 0.0751. The molecule has 1 aromatic carbocycles. The van der Waals surface area contributed by atoms with Crippen LogP contribution in [0.25, 0.3) is 10.1 Å². The molecule has 0 spiro atoms. The lowest BCUT2D eigenvalue weighted by Gasteiger charge is -2.42. The normalized spacial score (nSPS) is 19.8. The Hall–Kier alpha value is -3.04. The SMILES string of the molecule is O=C1NCCN1CCNc1nccc(C(C2CCNCC2)N2CCN(S(=O)(=O)c3cc4ccc(Cl)cc4s3)CC2=O)n1. The van der Waals surface area contributed by atoms with Gasteiger partial charge in [-0.2, -0.15) is 4.31 Å². The fourth-order valence-electron chi connectivity index (χ4n) is 5.86.